The molecule has 24 heavy (non-hydrogen) atoms. The molecule has 0 atom stereocenters. The Hall–Kier alpha value is -2.00. The molecule has 3 rings (SSSR count). The molecule has 0 saturated heterocycles. The molecule has 2 nitrogen and oxygen atoms in total. The molecule has 0 bridgehead atoms. The van der Waals surface area contributed by atoms with Gasteiger partial charge < -0.3 is 4.74 Å². The van der Waals surface area contributed by atoms with E-state index in [-0.39, 0.29) is 5.97 Å². The van der Waals surface area contributed by atoms with Crippen LogP contribution < -0.4 is 0 Å². The summed E-state index contributed by atoms with van der Waals surface area (Å²) in [5, 5.41) is 5.00. The summed E-state index contributed by atoms with van der Waals surface area (Å²) in [6.07, 6.45) is 0. The maximum Gasteiger partial charge on any atom is 0.316 e. The third-order valence-corrected chi connectivity index (χ3v) is 4.66. The molecule has 0 saturated carbocycles. The minimum Gasteiger partial charge on any atom is -0.459 e. The molecule has 3 aromatic rings. The molecule has 0 aliphatic carbocycles. The number of benzene rings is 3. The van der Waals surface area contributed by atoms with E-state index in [1.807, 2.05) is 20.8 Å². The Morgan fingerprint density at radius 3 is 2.21 bits per heavy atom. The van der Waals surface area contributed by atoms with Crippen molar-refractivity contribution in [2.45, 2.75) is 32.1 Å². The van der Waals surface area contributed by atoms with Gasteiger partial charge in [0.2, 0.25) is 0 Å². The minimum atomic E-state index is -0.415. The molecule has 0 N–H and O–H groups in total. The molecular formula is C21H22O2S. The largest absolute Gasteiger partial charge is 0.459 e. The fourth-order valence-electron chi connectivity index (χ4n) is 2.70. The maximum atomic E-state index is 11.8. The smallest absolute Gasteiger partial charge is 0.316 e. The molecule has 124 valence electrons. The van der Waals surface area contributed by atoms with Crippen LogP contribution in [0.3, 0.4) is 0 Å². The third kappa shape index (κ3) is 4.30. The quantitative estimate of drug-likeness (QED) is 0.459. The van der Waals surface area contributed by atoms with E-state index < -0.39 is 5.60 Å². The molecule has 0 heterocycles. The molecular weight excluding hydrogens is 316 g/mol. The van der Waals surface area contributed by atoms with Gasteiger partial charge in [0.05, 0.1) is 5.75 Å². The SMILES string of the molecule is CC(C)(C)OC(=O)CSCc1ccc2cc3ccccc3cc2c1. The van der Waals surface area contributed by atoms with E-state index >= 15 is 0 Å². The summed E-state index contributed by atoms with van der Waals surface area (Å²) in [7, 11) is 0. The molecule has 0 amide bonds. The summed E-state index contributed by atoms with van der Waals surface area (Å²) in [5.41, 5.74) is 0.813. The summed E-state index contributed by atoms with van der Waals surface area (Å²) in [6.45, 7) is 5.68. The molecule has 3 aromatic carbocycles. The van der Waals surface area contributed by atoms with Gasteiger partial charge in [0.25, 0.3) is 0 Å². The number of fused-ring (bicyclic) bond motifs is 2. The van der Waals surface area contributed by atoms with Crippen molar-refractivity contribution in [3.63, 3.8) is 0 Å². The highest BCUT2D eigenvalue weighted by atomic mass is 32.2. The van der Waals surface area contributed by atoms with Crippen LogP contribution in [0.1, 0.15) is 26.3 Å². The predicted molar refractivity (Wildman–Crippen MR) is 103 cm³/mol. The fourth-order valence-corrected chi connectivity index (χ4v) is 3.45. The first-order valence-electron chi connectivity index (χ1n) is 8.12. The molecule has 3 heteroatoms. The Kier molecular flexibility index (Phi) is 4.81. The van der Waals surface area contributed by atoms with Crippen molar-refractivity contribution in [3.8, 4) is 0 Å². The van der Waals surface area contributed by atoms with E-state index in [2.05, 4.69) is 54.6 Å². The second-order valence-corrected chi connectivity index (χ2v) is 7.95. The summed E-state index contributed by atoms with van der Waals surface area (Å²) in [4.78, 5) is 11.8. The summed E-state index contributed by atoms with van der Waals surface area (Å²) in [5.74, 6) is 1.04. The van der Waals surface area contributed by atoms with Gasteiger partial charge in [0.15, 0.2) is 0 Å². The van der Waals surface area contributed by atoms with Gasteiger partial charge in [-0.2, -0.15) is 0 Å². The van der Waals surface area contributed by atoms with Crippen LogP contribution >= 0.6 is 11.8 Å². The van der Waals surface area contributed by atoms with Gasteiger partial charge in [-0.15, -0.1) is 11.8 Å². The van der Waals surface area contributed by atoms with E-state index in [9.17, 15) is 4.79 Å². The van der Waals surface area contributed by atoms with Crippen LogP contribution in [0.5, 0.6) is 0 Å². The Morgan fingerprint density at radius 1 is 0.917 bits per heavy atom. The molecule has 0 spiro atoms. The van der Waals surface area contributed by atoms with E-state index in [1.54, 1.807) is 11.8 Å². The Bertz CT molecular complexity index is 878. The van der Waals surface area contributed by atoms with Crippen molar-refractivity contribution >= 4 is 39.3 Å². The summed E-state index contributed by atoms with van der Waals surface area (Å²) < 4.78 is 5.33. The van der Waals surface area contributed by atoms with Crippen molar-refractivity contribution < 1.29 is 9.53 Å². The number of hydrogen-bond acceptors (Lipinski definition) is 3. The van der Waals surface area contributed by atoms with Gasteiger partial charge in [0, 0.05) is 5.75 Å². The van der Waals surface area contributed by atoms with Crippen LogP contribution in [0, 0.1) is 0 Å². The van der Waals surface area contributed by atoms with Gasteiger partial charge in [0.1, 0.15) is 5.60 Å². The monoisotopic (exact) mass is 338 g/mol. The Morgan fingerprint density at radius 2 is 1.54 bits per heavy atom. The molecule has 0 aliphatic rings. The average Bonchev–Trinajstić information content (AvgIpc) is 2.51. The molecule has 0 aliphatic heterocycles. The van der Waals surface area contributed by atoms with Crippen LogP contribution in [0.2, 0.25) is 0 Å². The lowest BCUT2D eigenvalue weighted by atomic mass is 10.0. The Labute approximate surface area is 147 Å². The van der Waals surface area contributed by atoms with Crippen molar-refractivity contribution in [2.24, 2.45) is 0 Å². The number of carbonyl (C=O) groups excluding carboxylic acids is 1. The van der Waals surface area contributed by atoms with E-state index in [4.69, 9.17) is 4.74 Å². The molecule has 0 fully saturated rings. The summed E-state index contributed by atoms with van der Waals surface area (Å²) in [6, 6.07) is 19.4. The Balaban J connectivity index is 1.69. The zero-order valence-electron chi connectivity index (χ0n) is 14.3. The molecule has 0 radical (unpaired) electrons. The van der Waals surface area contributed by atoms with E-state index in [0.29, 0.717) is 5.75 Å². The second kappa shape index (κ2) is 6.86. The van der Waals surface area contributed by atoms with Gasteiger partial charge >= 0.3 is 5.97 Å². The lowest BCUT2D eigenvalue weighted by Crippen LogP contribution is -2.24. The zero-order valence-corrected chi connectivity index (χ0v) is 15.2. The first kappa shape index (κ1) is 16.8. The highest BCUT2D eigenvalue weighted by Gasteiger charge is 2.15. The van der Waals surface area contributed by atoms with Gasteiger partial charge in [-0.1, -0.05) is 42.5 Å². The van der Waals surface area contributed by atoms with Gasteiger partial charge in [-0.25, -0.2) is 0 Å². The normalized spacial score (nSPS) is 11.8. The van der Waals surface area contributed by atoms with Crippen LogP contribution in [0.25, 0.3) is 21.5 Å². The van der Waals surface area contributed by atoms with Crippen molar-refractivity contribution in [3.05, 3.63) is 60.2 Å². The third-order valence-electron chi connectivity index (χ3n) is 3.68. The minimum absolute atomic E-state index is 0.153. The number of esters is 1. The van der Waals surface area contributed by atoms with Gasteiger partial charge in [-0.3, -0.25) is 4.79 Å². The van der Waals surface area contributed by atoms with Crippen LogP contribution in [-0.2, 0) is 15.3 Å². The van der Waals surface area contributed by atoms with Crippen molar-refractivity contribution in [2.75, 3.05) is 5.75 Å². The lowest BCUT2D eigenvalue weighted by molar-refractivity contribution is -0.151. The summed E-state index contributed by atoms with van der Waals surface area (Å²) >= 11 is 1.59. The average molecular weight is 338 g/mol. The second-order valence-electron chi connectivity index (χ2n) is 6.96. The first-order valence-corrected chi connectivity index (χ1v) is 9.27. The molecule has 0 aromatic heterocycles. The molecule has 0 unspecified atom stereocenters. The van der Waals surface area contributed by atoms with E-state index in [0.717, 1.165) is 5.75 Å². The first-order chi connectivity index (χ1) is 11.4. The maximum absolute atomic E-state index is 11.8. The van der Waals surface area contributed by atoms with Crippen LogP contribution in [-0.4, -0.2) is 17.3 Å². The lowest BCUT2D eigenvalue weighted by Gasteiger charge is -2.19. The standard InChI is InChI=1S/C21H22O2S/c1-21(2,3)23-20(22)14-24-13-15-8-9-18-11-16-6-4-5-7-17(16)12-19(18)10-15/h4-12H,13-14H2,1-3H3. The van der Waals surface area contributed by atoms with Crippen LogP contribution in [0.4, 0.5) is 0 Å². The number of hydrogen-bond donors (Lipinski definition) is 0. The van der Waals surface area contributed by atoms with E-state index in [1.165, 1.54) is 27.1 Å². The van der Waals surface area contributed by atoms with Crippen molar-refractivity contribution in [1.82, 2.24) is 0 Å². The van der Waals surface area contributed by atoms with Crippen molar-refractivity contribution in [1.29, 1.82) is 0 Å². The number of carbonyl (C=O) groups is 1. The fraction of sp³-hybridized carbons (Fsp3) is 0.286. The number of thioether (sulfide) groups is 1. The predicted octanol–water partition coefficient (Wildman–Crippen LogP) is 5.57. The topological polar surface area (TPSA) is 26.3 Å². The van der Waals surface area contributed by atoms with Crippen LogP contribution in [0.15, 0.2) is 54.6 Å². The highest BCUT2D eigenvalue weighted by Crippen LogP contribution is 2.25. The highest BCUT2D eigenvalue weighted by molar-refractivity contribution is 7.99. The number of ether oxygens (including phenoxy) is 1. The number of rotatable bonds is 4. The van der Waals surface area contributed by atoms with Gasteiger partial charge in [-0.05, 0) is 60.0 Å². The zero-order chi connectivity index (χ0) is 17.2.